The molecule has 5 rings (SSSR count). The average molecular weight is 503 g/mol. The number of anilines is 1. The van der Waals surface area contributed by atoms with Gasteiger partial charge in [0.05, 0.1) is 12.0 Å². The summed E-state index contributed by atoms with van der Waals surface area (Å²) >= 11 is 1.58. The van der Waals surface area contributed by atoms with Gasteiger partial charge in [-0.2, -0.15) is 0 Å². The summed E-state index contributed by atoms with van der Waals surface area (Å²) in [5.41, 5.74) is 6.22. The fourth-order valence-corrected chi connectivity index (χ4v) is 5.78. The maximum atomic E-state index is 14.0. The quantitative estimate of drug-likeness (QED) is 0.301. The van der Waals surface area contributed by atoms with Crippen LogP contribution in [0.5, 0.6) is 5.75 Å². The highest BCUT2D eigenvalue weighted by Crippen LogP contribution is 2.37. The lowest BCUT2D eigenvalue weighted by Gasteiger charge is -2.22. The molecule has 1 N–H and O–H groups in total. The maximum absolute atomic E-state index is 14.0. The van der Waals surface area contributed by atoms with Gasteiger partial charge in [-0.05, 0) is 62.3 Å². The number of nitrogens with zero attached hydrogens (tertiary/aromatic N) is 3. The molecule has 1 aliphatic rings. The fourth-order valence-electron chi connectivity index (χ4n) is 4.80. The van der Waals surface area contributed by atoms with Gasteiger partial charge >= 0.3 is 0 Å². The molecular weight excluding hydrogens is 468 g/mol. The third kappa shape index (κ3) is 4.85. The summed E-state index contributed by atoms with van der Waals surface area (Å²) in [5, 5.41) is 2.04. The smallest absolute Gasteiger partial charge is 0.274 e. The number of hydrogen-bond donors (Lipinski definition) is 1. The second kappa shape index (κ2) is 9.97. The Balaban J connectivity index is 1.46. The number of aromatic nitrogens is 2. The van der Waals surface area contributed by atoms with Crippen molar-refractivity contribution >= 4 is 33.3 Å². The van der Waals surface area contributed by atoms with E-state index in [-0.39, 0.29) is 5.91 Å². The van der Waals surface area contributed by atoms with Crippen molar-refractivity contribution in [2.24, 2.45) is 5.92 Å². The molecule has 36 heavy (non-hydrogen) atoms. The van der Waals surface area contributed by atoms with E-state index in [0.717, 1.165) is 45.4 Å². The van der Waals surface area contributed by atoms with E-state index in [1.54, 1.807) is 18.4 Å². The number of hydrogen-bond acceptors (Lipinski definition) is 5. The zero-order valence-corrected chi connectivity index (χ0v) is 22.5. The van der Waals surface area contributed by atoms with Gasteiger partial charge in [-0.15, -0.1) is 0 Å². The van der Waals surface area contributed by atoms with Crippen LogP contribution in [0.3, 0.4) is 0 Å². The SMILES string of the molecule is COc1ccc2[nH]cc(CCN(CC3CC3)C(=O)c3nc(N(C)C)sc3-c3cccc(C)c3)c2c1C. The molecule has 0 bridgehead atoms. The number of rotatable bonds is 9. The average Bonchev–Trinajstić information content (AvgIpc) is 3.40. The van der Waals surface area contributed by atoms with Crippen molar-refractivity contribution in [2.75, 3.05) is 39.2 Å². The van der Waals surface area contributed by atoms with Crippen LogP contribution in [0, 0.1) is 19.8 Å². The molecule has 0 aliphatic heterocycles. The number of H-pyrrole nitrogens is 1. The van der Waals surface area contributed by atoms with E-state index in [4.69, 9.17) is 9.72 Å². The minimum absolute atomic E-state index is 0.0249. The summed E-state index contributed by atoms with van der Waals surface area (Å²) in [6.07, 6.45) is 5.23. The summed E-state index contributed by atoms with van der Waals surface area (Å²) in [5.74, 6) is 1.50. The van der Waals surface area contributed by atoms with Crippen molar-refractivity contribution in [3.05, 3.63) is 65.0 Å². The van der Waals surface area contributed by atoms with Crippen molar-refractivity contribution in [1.82, 2.24) is 14.9 Å². The number of carbonyl (C=O) groups excluding carboxylic acids is 1. The second-order valence-electron chi connectivity index (χ2n) is 10.0. The molecule has 188 valence electrons. The predicted octanol–water partition coefficient (Wildman–Crippen LogP) is 6.08. The molecule has 0 atom stereocenters. The van der Waals surface area contributed by atoms with Crippen LogP contribution in [0.1, 0.15) is 40.0 Å². The minimum atomic E-state index is 0.0249. The Hall–Kier alpha value is -3.32. The zero-order valence-electron chi connectivity index (χ0n) is 21.7. The first-order chi connectivity index (χ1) is 17.4. The first kappa shape index (κ1) is 24.4. The fraction of sp³-hybridized carbons (Fsp3) is 0.379. The number of carbonyl (C=O) groups is 1. The molecule has 1 amide bonds. The van der Waals surface area contributed by atoms with Crippen molar-refractivity contribution in [3.8, 4) is 16.2 Å². The van der Waals surface area contributed by atoms with Gasteiger partial charge in [0.15, 0.2) is 5.13 Å². The largest absolute Gasteiger partial charge is 0.496 e. The number of methoxy groups -OCH3 is 1. The highest BCUT2D eigenvalue weighted by Gasteiger charge is 2.30. The number of fused-ring (bicyclic) bond motifs is 1. The molecule has 4 aromatic rings. The summed E-state index contributed by atoms with van der Waals surface area (Å²) in [4.78, 5) is 27.2. The molecule has 0 radical (unpaired) electrons. The van der Waals surface area contributed by atoms with E-state index >= 15 is 0 Å². The standard InChI is InChI=1S/C29H34N4O2S/c1-18-7-6-8-21(15-18)27-26(31-29(36-27)32(3)4)28(34)33(17-20-9-10-20)14-13-22-16-30-23-11-12-24(35-5)19(2)25(22)23/h6-8,11-12,15-16,20,30H,9-10,13-14,17H2,1-5H3. The first-order valence-electron chi connectivity index (χ1n) is 12.5. The molecule has 2 aromatic heterocycles. The zero-order chi connectivity index (χ0) is 25.4. The van der Waals surface area contributed by atoms with Crippen molar-refractivity contribution in [3.63, 3.8) is 0 Å². The molecular formula is C29H34N4O2S. The lowest BCUT2D eigenvalue weighted by molar-refractivity contribution is 0.0745. The number of nitrogens with one attached hydrogen (secondary N) is 1. The Bertz CT molecular complexity index is 1400. The summed E-state index contributed by atoms with van der Waals surface area (Å²) in [6.45, 7) is 5.61. The van der Waals surface area contributed by atoms with Gasteiger partial charge in [-0.25, -0.2) is 4.98 Å². The predicted molar refractivity (Wildman–Crippen MR) is 149 cm³/mol. The Morgan fingerprint density at radius 3 is 2.69 bits per heavy atom. The van der Waals surface area contributed by atoms with E-state index in [1.807, 2.05) is 36.0 Å². The lowest BCUT2D eigenvalue weighted by Crippen LogP contribution is -2.35. The van der Waals surface area contributed by atoms with Gasteiger partial charge in [0.1, 0.15) is 11.4 Å². The van der Waals surface area contributed by atoms with Crippen LogP contribution in [-0.4, -0.2) is 55.1 Å². The van der Waals surface area contributed by atoms with Crippen molar-refractivity contribution < 1.29 is 9.53 Å². The van der Waals surface area contributed by atoms with Crippen LogP contribution >= 0.6 is 11.3 Å². The Morgan fingerprint density at radius 2 is 2.00 bits per heavy atom. The normalized spacial score (nSPS) is 13.2. The van der Waals surface area contributed by atoms with Crippen molar-refractivity contribution in [1.29, 1.82) is 0 Å². The molecule has 0 spiro atoms. The Morgan fingerprint density at radius 1 is 1.19 bits per heavy atom. The second-order valence-corrected chi connectivity index (χ2v) is 11.0. The van der Waals surface area contributed by atoms with Crippen molar-refractivity contribution in [2.45, 2.75) is 33.1 Å². The molecule has 1 aliphatic carbocycles. The van der Waals surface area contributed by atoms with Gasteiger partial charge in [-0.3, -0.25) is 4.79 Å². The van der Waals surface area contributed by atoms with E-state index in [9.17, 15) is 4.79 Å². The third-order valence-corrected chi connectivity index (χ3v) is 8.23. The highest BCUT2D eigenvalue weighted by molar-refractivity contribution is 7.19. The van der Waals surface area contributed by atoms with Crippen LogP contribution < -0.4 is 9.64 Å². The van der Waals surface area contributed by atoms with Gasteiger partial charge in [0.2, 0.25) is 0 Å². The van der Waals surface area contributed by atoms with Crippen LogP contribution in [0.2, 0.25) is 0 Å². The third-order valence-electron chi connectivity index (χ3n) is 6.95. The van der Waals surface area contributed by atoms with Crippen LogP contribution in [0.25, 0.3) is 21.3 Å². The van der Waals surface area contributed by atoms with Gasteiger partial charge in [0, 0.05) is 49.8 Å². The molecule has 7 heteroatoms. The number of aromatic amines is 1. The number of aryl methyl sites for hydroxylation is 2. The molecule has 0 unspecified atom stereocenters. The minimum Gasteiger partial charge on any atom is -0.496 e. The van der Waals surface area contributed by atoms with E-state index in [2.05, 4.69) is 49.3 Å². The summed E-state index contributed by atoms with van der Waals surface area (Å²) < 4.78 is 5.56. The lowest BCUT2D eigenvalue weighted by atomic mass is 10.0. The number of thiazole rings is 1. The number of ether oxygens (including phenoxy) is 1. The molecule has 6 nitrogen and oxygen atoms in total. The highest BCUT2D eigenvalue weighted by atomic mass is 32.1. The van der Waals surface area contributed by atoms with Crippen LogP contribution in [0.4, 0.5) is 5.13 Å². The maximum Gasteiger partial charge on any atom is 0.274 e. The summed E-state index contributed by atoms with van der Waals surface area (Å²) in [7, 11) is 5.66. The van der Waals surface area contributed by atoms with E-state index < -0.39 is 0 Å². The molecule has 2 heterocycles. The monoisotopic (exact) mass is 502 g/mol. The first-order valence-corrected chi connectivity index (χ1v) is 13.4. The topological polar surface area (TPSA) is 61.5 Å². The number of amides is 1. The van der Waals surface area contributed by atoms with Gasteiger partial charge in [0.25, 0.3) is 5.91 Å². The molecule has 2 aromatic carbocycles. The molecule has 1 fully saturated rings. The van der Waals surface area contributed by atoms with Crippen LogP contribution in [0.15, 0.2) is 42.6 Å². The van der Waals surface area contributed by atoms with E-state index in [0.29, 0.717) is 18.2 Å². The Kier molecular flexibility index (Phi) is 6.75. The van der Waals surface area contributed by atoms with Crippen LogP contribution in [-0.2, 0) is 6.42 Å². The summed E-state index contributed by atoms with van der Waals surface area (Å²) in [6, 6.07) is 12.4. The van der Waals surface area contributed by atoms with Gasteiger partial charge < -0.3 is 19.5 Å². The Labute approximate surface area is 216 Å². The van der Waals surface area contributed by atoms with E-state index in [1.165, 1.54) is 29.4 Å². The number of benzene rings is 2. The molecule has 1 saturated carbocycles. The molecule has 0 saturated heterocycles. The van der Waals surface area contributed by atoms with Gasteiger partial charge in [-0.1, -0.05) is 41.2 Å².